The lowest BCUT2D eigenvalue weighted by Gasteiger charge is -2.34. The summed E-state index contributed by atoms with van der Waals surface area (Å²) in [6.45, 7) is 6.25. The number of allylic oxidation sites excluding steroid dienone is 3. The van der Waals surface area contributed by atoms with E-state index in [9.17, 15) is 9.59 Å². The predicted molar refractivity (Wildman–Crippen MR) is 101 cm³/mol. The maximum absolute atomic E-state index is 12.4. The molecule has 1 N–H and O–H groups in total. The molecule has 0 bridgehead atoms. The molecule has 2 aliphatic rings. The zero-order valence-corrected chi connectivity index (χ0v) is 15.4. The number of amides is 2. The van der Waals surface area contributed by atoms with Crippen LogP contribution >= 0.6 is 0 Å². The molecule has 2 amide bonds. The van der Waals surface area contributed by atoms with Gasteiger partial charge in [-0.3, -0.25) is 9.59 Å². The summed E-state index contributed by atoms with van der Waals surface area (Å²) in [4.78, 5) is 28.6. The Bertz CT molecular complexity index is 883. The zero-order valence-electron chi connectivity index (χ0n) is 15.4. The van der Waals surface area contributed by atoms with Gasteiger partial charge in [-0.1, -0.05) is 32.9 Å². The normalized spacial score (nSPS) is 20.8. The van der Waals surface area contributed by atoms with Gasteiger partial charge in [0.1, 0.15) is 5.75 Å². The number of carbonyl (C=O) groups excluding carboxylic acids is 2. The molecular formula is C21H22N2O3. The minimum absolute atomic E-state index is 0.00132. The van der Waals surface area contributed by atoms with Crippen LogP contribution in [-0.2, 0) is 4.79 Å². The number of nitrogens with one attached hydrogen (secondary N) is 1. The third-order valence-corrected chi connectivity index (χ3v) is 4.40. The van der Waals surface area contributed by atoms with Gasteiger partial charge in [0.05, 0.1) is 12.8 Å². The predicted octanol–water partition coefficient (Wildman–Crippen LogP) is 3.45. The Labute approximate surface area is 153 Å². The second-order valence-corrected chi connectivity index (χ2v) is 7.35. The van der Waals surface area contributed by atoms with E-state index in [1.54, 1.807) is 43.5 Å². The van der Waals surface area contributed by atoms with Gasteiger partial charge in [-0.05, 0) is 41.3 Å². The Morgan fingerprint density at radius 2 is 2.00 bits per heavy atom. The molecule has 1 atom stereocenters. The van der Waals surface area contributed by atoms with E-state index in [1.165, 1.54) is 0 Å². The van der Waals surface area contributed by atoms with Crippen LogP contribution in [0.5, 0.6) is 5.75 Å². The number of aliphatic imine (C=N–C) groups is 1. The van der Waals surface area contributed by atoms with Gasteiger partial charge < -0.3 is 10.1 Å². The van der Waals surface area contributed by atoms with Crippen molar-refractivity contribution in [3.05, 3.63) is 65.4 Å². The maximum atomic E-state index is 12.4. The number of hydrogen-bond acceptors (Lipinski definition) is 3. The van der Waals surface area contributed by atoms with Crippen molar-refractivity contribution in [3.63, 3.8) is 0 Å². The Morgan fingerprint density at radius 3 is 2.69 bits per heavy atom. The summed E-state index contributed by atoms with van der Waals surface area (Å²) in [6, 6.07) is 6.87. The molecule has 1 aromatic rings. The summed E-state index contributed by atoms with van der Waals surface area (Å²) in [5.41, 5.74) is 2.63. The number of methoxy groups -OCH3 is 1. The summed E-state index contributed by atoms with van der Waals surface area (Å²) in [6.07, 6.45) is 7.22. The fourth-order valence-electron chi connectivity index (χ4n) is 3.08. The molecular weight excluding hydrogens is 328 g/mol. The standard InChI is InChI=1S/C21H22N2O3/c1-21(2,3)17-12-19(24)23-18-11-14(8-9-16(17)18)22-20(25)13-6-5-7-15(10-13)26-4/h5-12,16H,1-4H3,(H,23,24). The average Bonchev–Trinajstić information content (AvgIpc) is 2.60. The number of nitrogens with zero attached hydrogens (tertiary/aromatic N) is 1. The van der Waals surface area contributed by atoms with Crippen LogP contribution in [0, 0.1) is 11.3 Å². The van der Waals surface area contributed by atoms with Crippen LogP contribution in [0.25, 0.3) is 0 Å². The van der Waals surface area contributed by atoms with E-state index >= 15 is 0 Å². The van der Waals surface area contributed by atoms with E-state index < -0.39 is 0 Å². The quantitative estimate of drug-likeness (QED) is 0.888. The maximum Gasteiger partial charge on any atom is 0.277 e. The van der Waals surface area contributed by atoms with Crippen molar-refractivity contribution in [1.82, 2.24) is 5.32 Å². The molecule has 0 spiro atoms. The molecule has 3 rings (SSSR count). The third-order valence-electron chi connectivity index (χ3n) is 4.40. The fraction of sp³-hybridized carbons (Fsp3) is 0.286. The highest BCUT2D eigenvalue weighted by atomic mass is 16.5. The minimum atomic E-state index is -0.354. The second kappa shape index (κ2) is 6.75. The highest BCUT2D eigenvalue weighted by molar-refractivity contribution is 6.14. The summed E-state index contributed by atoms with van der Waals surface area (Å²) < 4.78 is 5.14. The SMILES string of the molecule is COc1cccc(C(=O)N=C2C=CC3C(=C2)NC(=O)C=C3C(C)(C)C)c1. The summed E-state index contributed by atoms with van der Waals surface area (Å²) in [5, 5.41) is 2.86. The van der Waals surface area contributed by atoms with E-state index in [4.69, 9.17) is 4.74 Å². The lowest BCUT2D eigenvalue weighted by atomic mass is 9.74. The first-order valence-electron chi connectivity index (χ1n) is 8.48. The van der Waals surface area contributed by atoms with Crippen molar-refractivity contribution >= 4 is 17.5 Å². The van der Waals surface area contributed by atoms with Crippen molar-refractivity contribution < 1.29 is 14.3 Å². The number of fused-ring (bicyclic) bond motifs is 1. The van der Waals surface area contributed by atoms with Gasteiger partial charge in [0.15, 0.2) is 0 Å². The topological polar surface area (TPSA) is 67.8 Å². The lowest BCUT2D eigenvalue weighted by Crippen LogP contribution is -2.36. The summed E-state index contributed by atoms with van der Waals surface area (Å²) in [7, 11) is 1.55. The van der Waals surface area contributed by atoms with Crippen molar-refractivity contribution in [2.75, 3.05) is 7.11 Å². The molecule has 134 valence electrons. The highest BCUT2D eigenvalue weighted by Crippen LogP contribution is 2.38. The Kier molecular flexibility index (Phi) is 4.64. The van der Waals surface area contributed by atoms with Crippen LogP contribution in [0.15, 0.2) is 64.8 Å². The molecule has 0 fully saturated rings. The van der Waals surface area contributed by atoms with E-state index in [2.05, 4.69) is 31.1 Å². The van der Waals surface area contributed by atoms with Gasteiger partial charge in [-0.15, -0.1) is 0 Å². The molecule has 5 nitrogen and oxygen atoms in total. The van der Waals surface area contributed by atoms with Crippen LogP contribution in [0.2, 0.25) is 0 Å². The molecule has 0 radical (unpaired) electrons. The van der Waals surface area contributed by atoms with E-state index in [-0.39, 0.29) is 23.1 Å². The largest absolute Gasteiger partial charge is 0.497 e. The van der Waals surface area contributed by atoms with Crippen LogP contribution in [-0.4, -0.2) is 24.6 Å². The van der Waals surface area contributed by atoms with Gasteiger partial charge >= 0.3 is 0 Å². The van der Waals surface area contributed by atoms with E-state index in [1.807, 2.05) is 12.2 Å². The van der Waals surface area contributed by atoms with Gasteiger partial charge in [0.2, 0.25) is 5.91 Å². The number of ether oxygens (including phenoxy) is 1. The molecule has 26 heavy (non-hydrogen) atoms. The van der Waals surface area contributed by atoms with E-state index in [0.29, 0.717) is 17.0 Å². The molecule has 1 aliphatic heterocycles. The van der Waals surface area contributed by atoms with Gasteiger partial charge in [0.25, 0.3) is 5.91 Å². The lowest BCUT2D eigenvalue weighted by molar-refractivity contribution is -0.116. The third kappa shape index (κ3) is 3.67. The monoisotopic (exact) mass is 350 g/mol. The first-order valence-corrected chi connectivity index (χ1v) is 8.48. The van der Waals surface area contributed by atoms with Gasteiger partial charge in [0, 0.05) is 23.3 Å². The molecule has 0 saturated heterocycles. The summed E-state index contributed by atoms with van der Waals surface area (Å²) in [5.74, 6) is 0.102. The number of rotatable bonds is 2. The first-order chi connectivity index (χ1) is 12.3. The summed E-state index contributed by atoms with van der Waals surface area (Å²) >= 11 is 0. The Hall–Kier alpha value is -2.95. The van der Waals surface area contributed by atoms with Crippen molar-refractivity contribution in [3.8, 4) is 5.75 Å². The van der Waals surface area contributed by atoms with Crippen molar-refractivity contribution in [2.45, 2.75) is 20.8 Å². The van der Waals surface area contributed by atoms with Crippen molar-refractivity contribution in [1.29, 1.82) is 0 Å². The molecule has 1 heterocycles. The minimum Gasteiger partial charge on any atom is -0.497 e. The van der Waals surface area contributed by atoms with Gasteiger partial charge in [-0.25, -0.2) is 4.99 Å². The molecule has 1 unspecified atom stereocenters. The van der Waals surface area contributed by atoms with Crippen LogP contribution in [0.3, 0.4) is 0 Å². The smallest absolute Gasteiger partial charge is 0.277 e. The average molecular weight is 350 g/mol. The Balaban J connectivity index is 1.89. The molecule has 0 aromatic heterocycles. The van der Waals surface area contributed by atoms with Crippen LogP contribution < -0.4 is 10.1 Å². The molecule has 1 aliphatic carbocycles. The van der Waals surface area contributed by atoms with E-state index in [0.717, 1.165) is 11.3 Å². The molecule has 1 aromatic carbocycles. The second-order valence-electron chi connectivity index (χ2n) is 7.35. The Morgan fingerprint density at radius 1 is 1.23 bits per heavy atom. The number of carbonyl (C=O) groups is 2. The zero-order chi connectivity index (χ0) is 18.9. The van der Waals surface area contributed by atoms with Crippen LogP contribution in [0.1, 0.15) is 31.1 Å². The molecule has 0 saturated carbocycles. The highest BCUT2D eigenvalue weighted by Gasteiger charge is 2.32. The number of hydrogen-bond donors (Lipinski definition) is 1. The molecule has 5 heteroatoms. The number of benzene rings is 1. The van der Waals surface area contributed by atoms with Crippen molar-refractivity contribution in [2.24, 2.45) is 16.3 Å². The fourth-order valence-corrected chi connectivity index (χ4v) is 3.08. The van der Waals surface area contributed by atoms with Gasteiger partial charge in [-0.2, -0.15) is 0 Å². The first kappa shape index (κ1) is 17.9. The van der Waals surface area contributed by atoms with Crippen LogP contribution in [0.4, 0.5) is 0 Å².